The van der Waals surface area contributed by atoms with E-state index in [4.69, 9.17) is 4.74 Å². The summed E-state index contributed by atoms with van der Waals surface area (Å²) in [6, 6.07) is 5.55. The van der Waals surface area contributed by atoms with E-state index in [2.05, 4.69) is 4.98 Å². The summed E-state index contributed by atoms with van der Waals surface area (Å²) in [5, 5.41) is 0. The normalized spacial score (nSPS) is 15.0. The Morgan fingerprint density at radius 2 is 1.87 bits per heavy atom. The van der Waals surface area contributed by atoms with Crippen molar-refractivity contribution in [2.75, 3.05) is 32.8 Å². The van der Waals surface area contributed by atoms with Gasteiger partial charge in [-0.1, -0.05) is 0 Å². The van der Waals surface area contributed by atoms with E-state index in [-0.39, 0.29) is 12.0 Å². The molecule has 0 spiro atoms. The Morgan fingerprint density at radius 1 is 1.17 bits per heavy atom. The molecule has 1 aliphatic heterocycles. The summed E-state index contributed by atoms with van der Waals surface area (Å²) in [7, 11) is 1.92. The molecule has 122 valence electrons. The van der Waals surface area contributed by atoms with Crippen LogP contribution >= 0.6 is 0 Å². The Bertz CT molecular complexity index is 732. The first-order valence-corrected chi connectivity index (χ1v) is 7.72. The lowest BCUT2D eigenvalue weighted by Crippen LogP contribution is -2.50. The van der Waals surface area contributed by atoms with Crippen molar-refractivity contribution in [3.8, 4) is 0 Å². The maximum atomic E-state index is 12.6. The highest BCUT2D eigenvalue weighted by Crippen LogP contribution is 2.16. The Hall–Kier alpha value is -2.57. The zero-order valence-corrected chi connectivity index (χ0v) is 13.4. The molecule has 1 aromatic carbocycles. The number of hydrogen-bond donors (Lipinski definition) is 0. The molecule has 7 nitrogen and oxygen atoms in total. The van der Waals surface area contributed by atoms with E-state index in [1.807, 2.05) is 29.8 Å². The first kappa shape index (κ1) is 15.3. The number of imidazole rings is 1. The highest BCUT2D eigenvalue weighted by Gasteiger charge is 2.25. The van der Waals surface area contributed by atoms with Crippen molar-refractivity contribution in [2.24, 2.45) is 7.05 Å². The van der Waals surface area contributed by atoms with Crippen LogP contribution in [0.25, 0.3) is 11.0 Å². The zero-order chi connectivity index (χ0) is 16.4. The van der Waals surface area contributed by atoms with Crippen molar-refractivity contribution in [3.05, 3.63) is 30.1 Å². The zero-order valence-electron chi connectivity index (χ0n) is 13.4. The molecule has 0 unspecified atom stereocenters. The van der Waals surface area contributed by atoms with Crippen LogP contribution in [-0.2, 0) is 11.8 Å². The molecule has 1 fully saturated rings. The monoisotopic (exact) mass is 316 g/mol. The van der Waals surface area contributed by atoms with Crippen LogP contribution in [0.5, 0.6) is 0 Å². The summed E-state index contributed by atoms with van der Waals surface area (Å²) in [5.74, 6) is -0.0268. The van der Waals surface area contributed by atoms with Gasteiger partial charge in [0.15, 0.2) is 0 Å². The Morgan fingerprint density at radius 3 is 2.57 bits per heavy atom. The van der Waals surface area contributed by atoms with Gasteiger partial charge in [0.25, 0.3) is 5.91 Å². The van der Waals surface area contributed by atoms with Gasteiger partial charge in [-0.25, -0.2) is 9.78 Å². The van der Waals surface area contributed by atoms with E-state index in [0.717, 1.165) is 11.0 Å². The summed E-state index contributed by atoms with van der Waals surface area (Å²) in [6.07, 6.45) is 1.42. The van der Waals surface area contributed by atoms with E-state index in [1.54, 1.807) is 23.1 Å². The molecule has 0 atom stereocenters. The van der Waals surface area contributed by atoms with Crippen molar-refractivity contribution >= 4 is 23.0 Å². The quantitative estimate of drug-likeness (QED) is 0.842. The van der Waals surface area contributed by atoms with Crippen molar-refractivity contribution in [1.82, 2.24) is 19.4 Å². The van der Waals surface area contributed by atoms with Crippen LogP contribution in [0.4, 0.5) is 4.79 Å². The van der Waals surface area contributed by atoms with Crippen LogP contribution in [0, 0.1) is 0 Å². The van der Waals surface area contributed by atoms with Gasteiger partial charge in [-0.2, -0.15) is 0 Å². The fourth-order valence-corrected chi connectivity index (χ4v) is 2.76. The summed E-state index contributed by atoms with van der Waals surface area (Å²) >= 11 is 0. The largest absolute Gasteiger partial charge is 0.450 e. The molecule has 1 aromatic heterocycles. The van der Waals surface area contributed by atoms with Crippen LogP contribution in [0.15, 0.2) is 24.5 Å². The second-order valence-corrected chi connectivity index (χ2v) is 5.54. The third-order valence-corrected chi connectivity index (χ3v) is 4.07. The van der Waals surface area contributed by atoms with Crippen LogP contribution in [-0.4, -0.2) is 64.1 Å². The fraction of sp³-hybridized carbons (Fsp3) is 0.438. The second kappa shape index (κ2) is 6.28. The number of benzene rings is 1. The van der Waals surface area contributed by atoms with Crippen LogP contribution in [0.1, 0.15) is 17.3 Å². The summed E-state index contributed by atoms with van der Waals surface area (Å²) in [4.78, 5) is 32.0. The maximum Gasteiger partial charge on any atom is 0.409 e. The van der Waals surface area contributed by atoms with Crippen LogP contribution in [0.2, 0.25) is 0 Å². The van der Waals surface area contributed by atoms with Gasteiger partial charge < -0.3 is 19.1 Å². The van der Waals surface area contributed by atoms with E-state index in [0.29, 0.717) is 38.3 Å². The Kier molecular flexibility index (Phi) is 4.18. The highest BCUT2D eigenvalue weighted by atomic mass is 16.6. The van der Waals surface area contributed by atoms with Crippen molar-refractivity contribution in [3.63, 3.8) is 0 Å². The number of aromatic nitrogens is 2. The lowest BCUT2D eigenvalue weighted by Gasteiger charge is -2.34. The van der Waals surface area contributed by atoms with Crippen molar-refractivity contribution in [1.29, 1.82) is 0 Å². The van der Waals surface area contributed by atoms with Crippen LogP contribution < -0.4 is 0 Å². The number of aryl methyl sites for hydroxylation is 1. The molecular formula is C16H20N4O3. The summed E-state index contributed by atoms with van der Waals surface area (Å²) < 4.78 is 6.90. The Balaban J connectivity index is 1.67. The van der Waals surface area contributed by atoms with Crippen molar-refractivity contribution in [2.45, 2.75) is 6.92 Å². The first-order valence-electron chi connectivity index (χ1n) is 7.72. The summed E-state index contributed by atoms with van der Waals surface area (Å²) in [6.45, 7) is 4.16. The van der Waals surface area contributed by atoms with Gasteiger partial charge in [0.2, 0.25) is 0 Å². The number of amides is 2. The number of rotatable bonds is 2. The molecule has 0 radical (unpaired) electrons. The van der Waals surface area contributed by atoms with Gasteiger partial charge in [0, 0.05) is 38.8 Å². The van der Waals surface area contributed by atoms with Gasteiger partial charge in [0.1, 0.15) is 0 Å². The SMILES string of the molecule is CCOC(=O)N1CCN(C(=O)c2ccc3c(c2)ncn3C)CC1. The third-order valence-electron chi connectivity index (χ3n) is 4.07. The van der Waals surface area contributed by atoms with Gasteiger partial charge in [-0.05, 0) is 25.1 Å². The molecule has 3 rings (SSSR count). The fourth-order valence-electron chi connectivity index (χ4n) is 2.76. The van der Waals surface area contributed by atoms with Gasteiger partial charge in [0.05, 0.1) is 24.0 Å². The van der Waals surface area contributed by atoms with Crippen molar-refractivity contribution < 1.29 is 14.3 Å². The lowest BCUT2D eigenvalue weighted by molar-refractivity contribution is 0.0570. The number of ether oxygens (including phenoxy) is 1. The molecule has 1 aliphatic rings. The molecular weight excluding hydrogens is 296 g/mol. The topological polar surface area (TPSA) is 67.7 Å². The van der Waals surface area contributed by atoms with E-state index >= 15 is 0 Å². The molecule has 0 saturated carbocycles. The van der Waals surface area contributed by atoms with E-state index < -0.39 is 0 Å². The predicted molar refractivity (Wildman–Crippen MR) is 85.2 cm³/mol. The number of carbonyl (C=O) groups excluding carboxylic acids is 2. The minimum atomic E-state index is -0.311. The number of carbonyl (C=O) groups is 2. The standard InChI is InChI=1S/C16H20N4O3/c1-3-23-16(22)20-8-6-19(7-9-20)15(21)12-4-5-14-13(10-12)17-11-18(14)2/h4-5,10-11H,3,6-9H2,1-2H3. The average molecular weight is 316 g/mol. The third kappa shape index (κ3) is 2.99. The number of piperazine rings is 1. The van der Waals surface area contributed by atoms with Gasteiger partial charge in [-0.15, -0.1) is 0 Å². The summed E-state index contributed by atoms with van der Waals surface area (Å²) in [5.41, 5.74) is 2.43. The smallest absolute Gasteiger partial charge is 0.409 e. The van der Waals surface area contributed by atoms with Crippen LogP contribution in [0.3, 0.4) is 0 Å². The lowest BCUT2D eigenvalue weighted by atomic mass is 10.1. The van der Waals surface area contributed by atoms with E-state index in [1.165, 1.54) is 0 Å². The molecule has 1 saturated heterocycles. The number of hydrogen-bond acceptors (Lipinski definition) is 4. The molecule has 0 N–H and O–H groups in total. The molecule has 2 heterocycles. The minimum Gasteiger partial charge on any atom is -0.450 e. The molecule has 0 aliphatic carbocycles. The Labute approximate surface area is 134 Å². The number of fused-ring (bicyclic) bond motifs is 1. The molecule has 2 amide bonds. The highest BCUT2D eigenvalue weighted by molar-refractivity contribution is 5.97. The first-order chi connectivity index (χ1) is 11.1. The van der Waals surface area contributed by atoms with Gasteiger partial charge >= 0.3 is 6.09 Å². The minimum absolute atomic E-state index is 0.0268. The second-order valence-electron chi connectivity index (χ2n) is 5.54. The molecule has 23 heavy (non-hydrogen) atoms. The number of nitrogens with zero attached hydrogens (tertiary/aromatic N) is 4. The molecule has 7 heteroatoms. The molecule has 0 bridgehead atoms. The average Bonchev–Trinajstić information content (AvgIpc) is 2.95. The molecule has 2 aromatic rings. The maximum absolute atomic E-state index is 12.6. The van der Waals surface area contributed by atoms with E-state index in [9.17, 15) is 9.59 Å². The van der Waals surface area contributed by atoms with Gasteiger partial charge in [-0.3, -0.25) is 4.79 Å². The predicted octanol–water partition coefficient (Wildman–Crippen LogP) is 1.49.